The highest BCUT2D eigenvalue weighted by molar-refractivity contribution is 6.31. The molecule has 4 heteroatoms. The van der Waals surface area contributed by atoms with Crippen molar-refractivity contribution in [3.8, 4) is 0 Å². The van der Waals surface area contributed by atoms with Gasteiger partial charge in [0.2, 0.25) is 5.91 Å². The van der Waals surface area contributed by atoms with E-state index in [9.17, 15) is 4.79 Å². The summed E-state index contributed by atoms with van der Waals surface area (Å²) in [6.45, 7) is 0. The van der Waals surface area contributed by atoms with Crippen LogP contribution < -0.4 is 10.6 Å². The van der Waals surface area contributed by atoms with Crippen LogP contribution in [0.3, 0.4) is 0 Å². The fourth-order valence-electron chi connectivity index (χ4n) is 2.97. The van der Waals surface area contributed by atoms with Crippen LogP contribution in [0.5, 0.6) is 0 Å². The van der Waals surface area contributed by atoms with Crippen LogP contribution in [0.25, 0.3) is 0 Å². The fraction of sp³-hybridized carbons (Fsp3) is 0.500. The average Bonchev–Trinajstić information content (AvgIpc) is 2.63. The third-order valence-corrected chi connectivity index (χ3v) is 4.17. The van der Waals surface area contributed by atoms with Gasteiger partial charge in [-0.3, -0.25) is 4.79 Å². The Bertz CT molecular complexity index is 475. The number of halogens is 1. The van der Waals surface area contributed by atoms with Gasteiger partial charge in [0.1, 0.15) is 0 Å². The first-order valence-corrected chi connectivity index (χ1v) is 6.99. The molecule has 1 aromatic carbocycles. The van der Waals surface area contributed by atoms with Gasteiger partial charge in [0, 0.05) is 11.1 Å². The van der Waals surface area contributed by atoms with Crippen molar-refractivity contribution in [2.75, 3.05) is 10.6 Å². The molecular formula is C14H17ClN2O. The van der Waals surface area contributed by atoms with E-state index < -0.39 is 0 Å². The lowest BCUT2D eigenvalue weighted by Crippen LogP contribution is -2.34. The quantitative estimate of drug-likeness (QED) is 0.751. The monoisotopic (exact) mass is 264 g/mol. The first-order valence-electron chi connectivity index (χ1n) is 6.61. The Balaban J connectivity index is 1.95. The molecule has 0 radical (unpaired) electrons. The second-order valence-corrected chi connectivity index (χ2v) is 5.61. The summed E-state index contributed by atoms with van der Waals surface area (Å²) in [6, 6.07) is 5.88. The highest BCUT2D eigenvalue weighted by Crippen LogP contribution is 2.35. The number of fused-ring (bicyclic) bond motifs is 2. The van der Waals surface area contributed by atoms with Gasteiger partial charge in [0.25, 0.3) is 0 Å². The van der Waals surface area contributed by atoms with Crippen molar-refractivity contribution in [3.05, 3.63) is 23.2 Å². The molecule has 1 heterocycles. The molecule has 2 unspecified atom stereocenters. The van der Waals surface area contributed by atoms with E-state index in [2.05, 4.69) is 10.6 Å². The summed E-state index contributed by atoms with van der Waals surface area (Å²) in [5, 5.41) is 7.17. The number of hydrogen-bond acceptors (Lipinski definition) is 2. The van der Waals surface area contributed by atoms with Gasteiger partial charge in [-0.15, -0.1) is 0 Å². The van der Waals surface area contributed by atoms with Crippen LogP contribution in [-0.2, 0) is 4.79 Å². The minimum absolute atomic E-state index is 0.0821. The summed E-state index contributed by atoms with van der Waals surface area (Å²) in [5.41, 5.74) is 1.79. The highest BCUT2D eigenvalue weighted by atomic mass is 35.5. The Morgan fingerprint density at radius 1 is 1.11 bits per heavy atom. The van der Waals surface area contributed by atoms with Crippen molar-refractivity contribution in [2.45, 2.75) is 38.1 Å². The molecule has 1 fully saturated rings. The molecule has 1 aliphatic heterocycles. The molecule has 0 spiro atoms. The minimum Gasteiger partial charge on any atom is -0.380 e. The van der Waals surface area contributed by atoms with Crippen LogP contribution in [0, 0.1) is 5.92 Å². The van der Waals surface area contributed by atoms with Gasteiger partial charge < -0.3 is 10.6 Å². The number of carbonyl (C=O) groups excluding carboxylic acids is 1. The molecule has 1 saturated carbocycles. The van der Waals surface area contributed by atoms with Crippen LogP contribution in [0.2, 0.25) is 5.02 Å². The lowest BCUT2D eigenvalue weighted by atomic mass is 9.94. The van der Waals surface area contributed by atoms with E-state index in [0.717, 1.165) is 30.6 Å². The summed E-state index contributed by atoms with van der Waals surface area (Å²) >= 11 is 5.98. The smallest absolute Gasteiger partial charge is 0.229 e. The van der Waals surface area contributed by atoms with Crippen LogP contribution in [0.1, 0.15) is 32.1 Å². The van der Waals surface area contributed by atoms with Gasteiger partial charge in [-0.1, -0.05) is 30.9 Å². The maximum atomic E-state index is 12.3. The first kappa shape index (κ1) is 11.8. The van der Waals surface area contributed by atoms with Crippen LogP contribution >= 0.6 is 11.6 Å². The van der Waals surface area contributed by atoms with Crippen molar-refractivity contribution in [3.63, 3.8) is 0 Å². The number of benzene rings is 1. The van der Waals surface area contributed by atoms with Gasteiger partial charge >= 0.3 is 0 Å². The van der Waals surface area contributed by atoms with Crippen molar-refractivity contribution >= 4 is 28.9 Å². The van der Waals surface area contributed by atoms with Crippen molar-refractivity contribution in [2.24, 2.45) is 5.92 Å². The number of hydrogen-bond donors (Lipinski definition) is 2. The van der Waals surface area contributed by atoms with Gasteiger partial charge in [0.05, 0.1) is 17.3 Å². The maximum absolute atomic E-state index is 12.3. The van der Waals surface area contributed by atoms with Crippen molar-refractivity contribution < 1.29 is 4.79 Å². The van der Waals surface area contributed by atoms with Crippen molar-refractivity contribution in [1.82, 2.24) is 0 Å². The van der Waals surface area contributed by atoms with E-state index in [1.54, 1.807) is 0 Å². The normalized spacial score (nSPS) is 27.1. The molecule has 18 heavy (non-hydrogen) atoms. The zero-order valence-electron chi connectivity index (χ0n) is 10.2. The number of anilines is 2. The second kappa shape index (κ2) is 4.81. The number of amides is 1. The summed E-state index contributed by atoms with van der Waals surface area (Å²) in [5.74, 6) is 0.217. The lowest BCUT2D eigenvalue weighted by molar-refractivity contribution is -0.120. The van der Waals surface area contributed by atoms with Gasteiger partial charge in [-0.2, -0.15) is 0 Å². The molecule has 2 N–H and O–H groups in total. The Morgan fingerprint density at radius 2 is 1.94 bits per heavy atom. The summed E-state index contributed by atoms with van der Waals surface area (Å²) in [4.78, 5) is 12.3. The number of carbonyl (C=O) groups is 1. The van der Waals surface area contributed by atoms with Crippen LogP contribution in [0.4, 0.5) is 11.4 Å². The third kappa shape index (κ3) is 2.19. The Morgan fingerprint density at radius 3 is 2.83 bits per heavy atom. The molecule has 0 saturated heterocycles. The number of rotatable bonds is 0. The van der Waals surface area contributed by atoms with Crippen LogP contribution in [0.15, 0.2) is 18.2 Å². The zero-order chi connectivity index (χ0) is 12.5. The molecule has 1 aromatic rings. The van der Waals surface area contributed by atoms with E-state index in [4.69, 9.17) is 11.6 Å². The van der Waals surface area contributed by atoms with Crippen molar-refractivity contribution in [1.29, 1.82) is 0 Å². The predicted octanol–water partition coefficient (Wildman–Crippen LogP) is 3.65. The van der Waals surface area contributed by atoms with Gasteiger partial charge in [0.15, 0.2) is 0 Å². The summed E-state index contributed by atoms with van der Waals surface area (Å²) in [6.07, 6.45) is 5.62. The number of nitrogens with one attached hydrogen (secondary N) is 2. The second-order valence-electron chi connectivity index (χ2n) is 5.17. The Hall–Kier alpha value is -1.22. The zero-order valence-corrected chi connectivity index (χ0v) is 11.0. The molecule has 3 nitrogen and oxygen atoms in total. The molecule has 0 bridgehead atoms. The molecule has 3 rings (SSSR count). The largest absolute Gasteiger partial charge is 0.380 e. The van der Waals surface area contributed by atoms with E-state index >= 15 is 0 Å². The topological polar surface area (TPSA) is 41.1 Å². The minimum atomic E-state index is 0.0821. The van der Waals surface area contributed by atoms with Gasteiger partial charge in [-0.05, 0) is 31.0 Å². The molecule has 0 aromatic heterocycles. The van der Waals surface area contributed by atoms with E-state index in [0.29, 0.717) is 5.02 Å². The van der Waals surface area contributed by atoms with Gasteiger partial charge in [-0.25, -0.2) is 0 Å². The third-order valence-electron chi connectivity index (χ3n) is 3.93. The molecular weight excluding hydrogens is 248 g/mol. The first-order chi connectivity index (χ1) is 8.74. The summed E-state index contributed by atoms with van der Waals surface area (Å²) < 4.78 is 0. The standard InChI is InChI=1S/C14H17ClN2O/c15-9-6-7-12-13(8-9)17-14(18)10-4-2-1-3-5-11(10)16-12/h6-8,10-11,16H,1-5H2,(H,17,18). The predicted molar refractivity (Wildman–Crippen MR) is 74.1 cm³/mol. The average molecular weight is 265 g/mol. The van der Waals surface area contributed by atoms with E-state index in [1.165, 1.54) is 12.8 Å². The summed E-state index contributed by atoms with van der Waals surface area (Å²) in [7, 11) is 0. The van der Waals surface area contributed by atoms with E-state index in [-0.39, 0.29) is 17.9 Å². The fourth-order valence-corrected chi connectivity index (χ4v) is 3.14. The molecule has 96 valence electrons. The molecule has 2 atom stereocenters. The SMILES string of the molecule is O=C1Nc2cc(Cl)ccc2NC2CCCCCC12. The lowest BCUT2D eigenvalue weighted by Gasteiger charge is -2.22. The maximum Gasteiger partial charge on any atom is 0.229 e. The molecule has 1 aliphatic carbocycles. The Kier molecular flexibility index (Phi) is 3.16. The van der Waals surface area contributed by atoms with Crippen LogP contribution in [-0.4, -0.2) is 11.9 Å². The van der Waals surface area contributed by atoms with E-state index in [1.807, 2.05) is 18.2 Å². The molecule has 2 aliphatic rings. The Labute approximate surface area is 112 Å². The highest BCUT2D eigenvalue weighted by Gasteiger charge is 2.32. The molecule has 1 amide bonds.